The van der Waals surface area contributed by atoms with E-state index in [1.165, 1.54) is 5.56 Å². The number of nitrogens with zero attached hydrogens (tertiary/aromatic N) is 1. The van der Waals surface area contributed by atoms with Gasteiger partial charge in [-0.15, -0.1) is 0 Å². The second-order valence-electron chi connectivity index (χ2n) is 8.25. The molecule has 1 aliphatic heterocycles. The predicted molar refractivity (Wildman–Crippen MR) is 119 cm³/mol. The summed E-state index contributed by atoms with van der Waals surface area (Å²) < 4.78 is 0. The Balaban J connectivity index is 1.29. The van der Waals surface area contributed by atoms with Gasteiger partial charge in [-0.3, -0.25) is 9.59 Å². The fraction of sp³-hybridized carbons (Fsp3) is 0.375. The van der Waals surface area contributed by atoms with Crippen molar-refractivity contribution < 1.29 is 14.4 Å². The number of amides is 3. The molecule has 1 saturated heterocycles. The molecule has 0 spiro atoms. The molecule has 1 unspecified atom stereocenters. The molecular formula is C24H28N4O3. The fourth-order valence-electron chi connectivity index (χ4n) is 4.15. The number of carbonyl (C=O) groups excluding carboxylic acids is 3. The average Bonchev–Trinajstić information content (AvgIpc) is 2.82. The van der Waals surface area contributed by atoms with Crippen molar-refractivity contribution in [3.05, 3.63) is 65.2 Å². The summed E-state index contributed by atoms with van der Waals surface area (Å²) in [4.78, 5) is 38.1. The molecule has 0 radical (unpaired) electrons. The highest BCUT2D eigenvalue weighted by molar-refractivity contribution is 5.98. The van der Waals surface area contributed by atoms with Gasteiger partial charge < -0.3 is 21.3 Å². The maximum Gasteiger partial charge on any atom is 0.319 e. The normalized spacial score (nSPS) is 18.9. The maximum atomic E-state index is 12.9. The number of likely N-dealkylation sites (tertiary alicyclic amines) is 1. The van der Waals surface area contributed by atoms with Gasteiger partial charge in [0, 0.05) is 37.3 Å². The first-order valence-electron chi connectivity index (χ1n) is 10.8. The molecule has 31 heavy (non-hydrogen) atoms. The molecule has 0 bridgehead atoms. The van der Waals surface area contributed by atoms with E-state index in [-0.39, 0.29) is 17.7 Å². The molecule has 1 heterocycles. The van der Waals surface area contributed by atoms with Crippen LogP contribution in [-0.4, -0.2) is 41.8 Å². The Morgan fingerprint density at radius 3 is 2.39 bits per heavy atom. The highest BCUT2D eigenvalue weighted by Crippen LogP contribution is 2.29. The third kappa shape index (κ3) is 4.94. The minimum atomic E-state index is -0.405. The molecule has 2 aromatic carbocycles. The number of hydrogen-bond donors (Lipinski definition) is 3. The van der Waals surface area contributed by atoms with Crippen LogP contribution in [0, 0.1) is 0 Å². The molecule has 0 aromatic heterocycles. The summed E-state index contributed by atoms with van der Waals surface area (Å²) >= 11 is 0. The summed E-state index contributed by atoms with van der Waals surface area (Å²) in [6.07, 6.45) is 3.08. The van der Waals surface area contributed by atoms with Crippen molar-refractivity contribution in [2.75, 3.05) is 18.4 Å². The van der Waals surface area contributed by atoms with E-state index in [4.69, 9.17) is 5.73 Å². The summed E-state index contributed by atoms with van der Waals surface area (Å²) in [5.41, 5.74) is 9.37. The topological polar surface area (TPSA) is 105 Å². The van der Waals surface area contributed by atoms with Crippen LogP contribution in [0.25, 0.3) is 0 Å². The number of nitrogens with two attached hydrogens (primary N) is 1. The summed E-state index contributed by atoms with van der Waals surface area (Å²) in [7, 11) is 0. The molecule has 7 heteroatoms. The van der Waals surface area contributed by atoms with E-state index >= 15 is 0 Å². The molecule has 1 aliphatic carbocycles. The number of ketones is 1. The first kappa shape index (κ1) is 21.1. The number of nitrogens with one attached hydrogen (secondary N) is 2. The van der Waals surface area contributed by atoms with Crippen LogP contribution in [0.2, 0.25) is 0 Å². The lowest BCUT2D eigenvalue weighted by atomic mass is 9.88. The minimum absolute atomic E-state index is 0.00484. The van der Waals surface area contributed by atoms with Crippen LogP contribution >= 0.6 is 0 Å². The quantitative estimate of drug-likeness (QED) is 0.691. The van der Waals surface area contributed by atoms with Crippen molar-refractivity contribution in [1.29, 1.82) is 0 Å². The summed E-state index contributed by atoms with van der Waals surface area (Å²) in [6.45, 7) is 1.97. The number of urea groups is 1. The fourth-order valence-corrected chi connectivity index (χ4v) is 4.15. The van der Waals surface area contributed by atoms with Crippen molar-refractivity contribution in [3.8, 4) is 0 Å². The third-order valence-electron chi connectivity index (χ3n) is 6.20. The van der Waals surface area contributed by atoms with Crippen LogP contribution in [0.1, 0.15) is 53.1 Å². The van der Waals surface area contributed by atoms with Gasteiger partial charge in [-0.05, 0) is 60.6 Å². The number of rotatable bonds is 5. The zero-order valence-corrected chi connectivity index (χ0v) is 17.5. The Morgan fingerprint density at radius 1 is 1.03 bits per heavy atom. The Morgan fingerprint density at radius 2 is 1.77 bits per heavy atom. The summed E-state index contributed by atoms with van der Waals surface area (Å²) in [5, 5.41) is 5.35. The van der Waals surface area contributed by atoms with E-state index in [1.54, 1.807) is 24.3 Å². The predicted octanol–water partition coefficient (Wildman–Crippen LogP) is 3.02. The van der Waals surface area contributed by atoms with E-state index in [9.17, 15) is 14.4 Å². The van der Waals surface area contributed by atoms with Gasteiger partial charge in [0.05, 0.1) is 6.04 Å². The minimum Gasteiger partial charge on any atom is -0.339 e. The molecule has 1 atom stereocenters. The van der Waals surface area contributed by atoms with E-state index < -0.39 is 6.03 Å². The monoisotopic (exact) mass is 420 g/mol. The Kier molecular flexibility index (Phi) is 6.32. The number of anilines is 1. The van der Waals surface area contributed by atoms with Crippen molar-refractivity contribution in [2.45, 2.75) is 44.2 Å². The van der Waals surface area contributed by atoms with Crippen molar-refractivity contribution >= 4 is 23.4 Å². The van der Waals surface area contributed by atoms with Crippen LogP contribution < -0.4 is 16.4 Å². The van der Waals surface area contributed by atoms with Crippen molar-refractivity contribution in [3.63, 3.8) is 0 Å². The van der Waals surface area contributed by atoms with Crippen LogP contribution in [0.4, 0.5) is 10.5 Å². The zero-order chi connectivity index (χ0) is 21.8. The lowest BCUT2D eigenvalue weighted by Crippen LogP contribution is -2.48. The second-order valence-corrected chi connectivity index (χ2v) is 8.25. The lowest BCUT2D eigenvalue weighted by molar-refractivity contribution is -0.126. The molecule has 2 aromatic rings. The number of piperidine rings is 1. The van der Waals surface area contributed by atoms with Crippen LogP contribution in [0.15, 0.2) is 48.5 Å². The van der Waals surface area contributed by atoms with Gasteiger partial charge in [0.15, 0.2) is 5.78 Å². The molecule has 7 nitrogen and oxygen atoms in total. The third-order valence-corrected chi connectivity index (χ3v) is 6.20. The highest BCUT2D eigenvalue weighted by Gasteiger charge is 2.29. The van der Waals surface area contributed by atoms with Crippen LogP contribution in [0.5, 0.6) is 0 Å². The Bertz CT molecular complexity index is 965. The van der Waals surface area contributed by atoms with Gasteiger partial charge in [0.2, 0.25) is 0 Å². The molecule has 3 amide bonds. The van der Waals surface area contributed by atoms with Gasteiger partial charge >= 0.3 is 6.03 Å². The van der Waals surface area contributed by atoms with E-state index in [0.29, 0.717) is 49.6 Å². The maximum absolute atomic E-state index is 12.9. The van der Waals surface area contributed by atoms with Crippen molar-refractivity contribution in [2.24, 2.45) is 5.73 Å². The number of carbonyl (C=O) groups is 3. The SMILES string of the molecule is NCc1cccc(C2CCN(C(=O)c3ccc(NC(=O)NC4CCC4=O)cc3)CC2)c1. The van der Waals surface area contributed by atoms with Crippen LogP contribution in [-0.2, 0) is 11.3 Å². The molecule has 4 N–H and O–H groups in total. The van der Waals surface area contributed by atoms with E-state index in [1.807, 2.05) is 11.0 Å². The number of hydrogen-bond acceptors (Lipinski definition) is 4. The van der Waals surface area contributed by atoms with Gasteiger partial charge in [0.1, 0.15) is 0 Å². The molecule has 2 fully saturated rings. The summed E-state index contributed by atoms with van der Waals surface area (Å²) in [5.74, 6) is 0.514. The molecule has 1 saturated carbocycles. The first-order chi connectivity index (χ1) is 15.0. The zero-order valence-electron chi connectivity index (χ0n) is 17.5. The number of Topliss-reactive ketones (excluding diaryl/α,β-unsaturated/α-hetero) is 1. The molecule has 162 valence electrons. The summed E-state index contributed by atoms with van der Waals surface area (Å²) in [6, 6.07) is 14.5. The highest BCUT2D eigenvalue weighted by atomic mass is 16.2. The molecule has 2 aliphatic rings. The van der Waals surface area contributed by atoms with E-state index in [2.05, 4.69) is 28.8 Å². The first-order valence-corrected chi connectivity index (χ1v) is 10.8. The largest absolute Gasteiger partial charge is 0.339 e. The van der Waals surface area contributed by atoms with Gasteiger partial charge in [-0.1, -0.05) is 24.3 Å². The molecule has 4 rings (SSSR count). The average molecular weight is 421 g/mol. The Hall–Kier alpha value is -3.19. The smallest absolute Gasteiger partial charge is 0.319 e. The van der Waals surface area contributed by atoms with E-state index in [0.717, 1.165) is 18.4 Å². The van der Waals surface area contributed by atoms with Gasteiger partial charge in [0.25, 0.3) is 5.91 Å². The second kappa shape index (κ2) is 9.31. The lowest BCUT2D eigenvalue weighted by Gasteiger charge is -2.32. The molecular weight excluding hydrogens is 392 g/mol. The standard InChI is InChI=1S/C24H28N4O3/c25-15-16-2-1-3-19(14-16)17-10-12-28(13-11-17)23(30)18-4-6-20(7-5-18)26-24(31)27-21-8-9-22(21)29/h1-7,14,17,21H,8-13,15,25H2,(H2,26,27,31). The van der Waals surface area contributed by atoms with Crippen molar-refractivity contribution in [1.82, 2.24) is 10.2 Å². The van der Waals surface area contributed by atoms with Crippen LogP contribution in [0.3, 0.4) is 0 Å². The van der Waals surface area contributed by atoms with Gasteiger partial charge in [-0.2, -0.15) is 0 Å². The number of benzene rings is 2. The van der Waals surface area contributed by atoms with Gasteiger partial charge in [-0.25, -0.2) is 4.79 Å². The Labute approximate surface area is 182 Å².